The molecule has 0 saturated heterocycles. The Morgan fingerprint density at radius 2 is 1.63 bits per heavy atom. The third-order valence-electron chi connectivity index (χ3n) is 4.03. The van der Waals surface area contributed by atoms with E-state index in [0.29, 0.717) is 12.6 Å². The van der Waals surface area contributed by atoms with E-state index in [1.807, 2.05) is 31.2 Å². The van der Waals surface area contributed by atoms with E-state index in [-0.39, 0.29) is 5.78 Å². The number of hydrogen-bond donors (Lipinski definition) is 1. The van der Waals surface area contributed by atoms with Gasteiger partial charge in [0, 0.05) is 11.6 Å². The second-order valence-corrected chi connectivity index (χ2v) is 5.71. The van der Waals surface area contributed by atoms with Crippen LogP contribution in [0, 0.1) is 6.92 Å². The molecule has 104 valence electrons. The second-order valence-electron chi connectivity index (χ2n) is 5.71. The van der Waals surface area contributed by atoms with E-state index in [4.69, 9.17) is 0 Å². The topological polar surface area (TPSA) is 29.1 Å². The van der Waals surface area contributed by atoms with Gasteiger partial charge in [-0.05, 0) is 19.8 Å². The molecule has 0 unspecified atom stereocenters. The lowest BCUT2D eigenvalue weighted by Gasteiger charge is -2.20. The van der Waals surface area contributed by atoms with Gasteiger partial charge in [-0.15, -0.1) is 0 Å². The monoisotopic (exact) mass is 259 g/mol. The average Bonchev–Trinajstić information content (AvgIpc) is 2.38. The average molecular weight is 259 g/mol. The highest BCUT2D eigenvalue weighted by Crippen LogP contribution is 2.17. The van der Waals surface area contributed by atoms with Crippen LogP contribution in [0.15, 0.2) is 24.3 Å². The summed E-state index contributed by atoms with van der Waals surface area (Å²) in [5.41, 5.74) is 2.02. The van der Waals surface area contributed by atoms with Gasteiger partial charge in [0.1, 0.15) is 0 Å². The molecule has 0 radical (unpaired) electrons. The summed E-state index contributed by atoms with van der Waals surface area (Å²) < 4.78 is 0. The number of rotatable bonds is 4. The maximum absolute atomic E-state index is 12.1. The van der Waals surface area contributed by atoms with E-state index in [2.05, 4.69) is 5.32 Å². The number of hydrogen-bond acceptors (Lipinski definition) is 2. The SMILES string of the molecule is Cc1ccc(C(=O)CNC2CCCCCCC2)cc1. The molecule has 0 spiro atoms. The molecule has 0 aliphatic heterocycles. The fourth-order valence-electron chi connectivity index (χ4n) is 2.74. The maximum Gasteiger partial charge on any atom is 0.176 e. The molecule has 2 rings (SSSR count). The third kappa shape index (κ3) is 4.79. The Morgan fingerprint density at radius 3 is 2.26 bits per heavy atom. The molecule has 1 fully saturated rings. The van der Waals surface area contributed by atoms with Crippen LogP contribution < -0.4 is 5.32 Å². The van der Waals surface area contributed by atoms with Gasteiger partial charge < -0.3 is 5.32 Å². The number of nitrogens with one attached hydrogen (secondary N) is 1. The van der Waals surface area contributed by atoms with Crippen molar-refractivity contribution >= 4 is 5.78 Å². The smallest absolute Gasteiger partial charge is 0.176 e. The van der Waals surface area contributed by atoms with E-state index in [1.165, 1.54) is 50.5 Å². The first-order chi connectivity index (χ1) is 9.25. The third-order valence-corrected chi connectivity index (χ3v) is 4.03. The van der Waals surface area contributed by atoms with E-state index in [9.17, 15) is 4.79 Å². The van der Waals surface area contributed by atoms with Crippen LogP contribution >= 0.6 is 0 Å². The van der Waals surface area contributed by atoms with E-state index in [1.54, 1.807) is 0 Å². The Bertz CT molecular complexity index is 388. The summed E-state index contributed by atoms with van der Waals surface area (Å²) in [7, 11) is 0. The predicted molar refractivity (Wildman–Crippen MR) is 79.6 cm³/mol. The zero-order valence-electron chi connectivity index (χ0n) is 12.0. The quantitative estimate of drug-likeness (QED) is 0.831. The van der Waals surface area contributed by atoms with Crippen molar-refractivity contribution < 1.29 is 4.79 Å². The molecule has 0 aromatic heterocycles. The van der Waals surface area contributed by atoms with Crippen LogP contribution in [0.3, 0.4) is 0 Å². The lowest BCUT2D eigenvalue weighted by atomic mass is 9.96. The zero-order valence-corrected chi connectivity index (χ0v) is 12.0. The standard InChI is InChI=1S/C17H25NO/c1-14-9-11-15(12-10-14)17(19)13-18-16-7-5-3-2-4-6-8-16/h9-12,16,18H,2-8,13H2,1H3. The normalized spacial score (nSPS) is 17.7. The van der Waals surface area contributed by atoms with Gasteiger partial charge in [0.05, 0.1) is 6.54 Å². The molecule has 1 N–H and O–H groups in total. The number of aryl methyl sites for hydroxylation is 1. The minimum absolute atomic E-state index is 0.210. The van der Waals surface area contributed by atoms with Crippen molar-refractivity contribution in [2.45, 2.75) is 57.9 Å². The molecule has 1 aliphatic rings. The molecule has 1 aromatic carbocycles. The molecule has 0 heterocycles. The van der Waals surface area contributed by atoms with E-state index < -0.39 is 0 Å². The van der Waals surface area contributed by atoms with Crippen molar-refractivity contribution in [3.05, 3.63) is 35.4 Å². The van der Waals surface area contributed by atoms with Crippen molar-refractivity contribution in [3.63, 3.8) is 0 Å². The fourth-order valence-corrected chi connectivity index (χ4v) is 2.74. The second kappa shape index (κ2) is 7.44. The van der Waals surface area contributed by atoms with Gasteiger partial charge in [-0.3, -0.25) is 4.79 Å². The lowest BCUT2D eigenvalue weighted by Crippen LogP contribution is -2.34. The van der Waals surface area contributed by atoms with Crippen LogP contribution in [0.5, 0.6) is 0 Å². The van der Waals surface area contributed by atoms with Crippen LogP contribution in [0.1, 0.15) is 60.9 Å². The van der Waals surface area contributed by atoms with Gasteiger partial charge in [0.25, 0.3) is 0 Å². The molecule has 19 heavy (non-hydrogen) atoms. The summed E-state index contributed by atoms with van der Waals surface area (Å²) in [6, 6.07) is 8.40. The molecule has 2 heteroatoms. The highest BCUT2D eigenvalue weighted by molar-refractivity contribution is 5.97. The van der Waals surface area contributed by atoms with Gasteiger partial charge in [-0.2, -0.15) is 0 Å². The van der Waals surface area contributed by atoms with E-state index >= 15 is 0 Å². The van der Waals surface area contributed by atoms with Crippen LogP contribution in [-0.2, 0) is 0 Å². The minimum atomic E-state index is 0.210. The van der Waals surface area contributed by atoms with Gasteiger partial charge in [-0.25, -0.2) is 0 Å². The van der Waals surface area contributed by atoms with Gasteiger partial charge in [0.2, 0.25) is 0 Å². The van der Waals surface area contributed by atoms with E-state index in [0.717, 1.165) is 5.56 Å². The summed E-state index contributed by atoms with van der Waals surface area (Å²) in [6.45, 7) is 2.52. The largest absolute Gasteiger partial charge is 0.307 e. The number of carbonyl (C=O) groups is 1. The fraction of sp³-hybridized carbons (Fsp3) is 0.588. The molecule has 2 nitrogen and oxygen atoms in total. The Hall–Kier alpha value is -1.15. The first-order valence-electron chi connectivity index (χ1n) is 7.59. The summed E-state index contributed by atoms with van der Waals surface area (Å²) >= 11 is 0. The van der Waals surface area contributed by atoms with Crippen LogP contribution in [0.25, 0.3) is 0 Å². The van der Waals surface area contributed by atoms with Crippen molar-refractivity contribution in [3.8, 4) is 0 Å². The Balaban J connectivity index is 1.80. The van der Waals surface area contributed by atoms with Crippen molar-refractivity contribution in [2.75, 3.05) is 6.54 Å². The Kier molecular flexibility index (Phi) is 5.59. The molecular weight excluding hydrogens is 234 g/mol. The molecule has 1 aliphatic carbocycles. The molecule has 1 saturated carbocycles. The van der Waals surface area contributed by atoms with Crippen molar-refractivity contribution in [1.82, 2.24) is 5.32 Å². The van der Waals surface area contributed by atoms with Crippen LogP contribution in [-0.4, -0.2) is 18.4 Å². The first kappa shape index (κ1) is 14.3. The van der Waals surface area contributed by atoms with Gasteiger partial charge in [0.15, 0.2) is 5.78 Å². The minimum Gasteiger partial charge on any atom is -0.307 e. The number of ketones is 1. The summed E-state index contributed by atoms with van der Waals surface area (Å²) in [4.78, 5) is 12.1. The summed E-state index contributed by atoms with van der Waals surface area (Å²) in [5.74, 6) is 0.210. The molecule has 0 amide bonds. The molecule has 0 atom stereocenters. The molecule has 0 bridgehead atoms. The predicted octanol–water partition coefficient (Wildman–Crippen LogP) is 3.88. The maximum atomic E-state index is 12.1. The number of Topliss-reactive ketones (excluding diaryl/α,β-unsaturated/α-hetero) is 1. The first-order valence-corrected chi connectivity index (χ1v) is 7.59. The van der Waals surface area contributed by atoms with Crippen LogP contribution in [0.4, 0.5) is 0 Å². The lowest BCUT2D eigenvalue weighted by molar-refractivity contribution is 0.0985. The Labute approximate surface area is 116 Å². The number of benzene rings is 1. The highest BCUT2D eigenvalue weighted by atomic mass is 16.1. The molecule has 1 aromatic rings. The zero-order chi connectivity index (χ0) is 13.5. The summed E-state index contributed by atoms with van der Waals surface area (Å²) in [6.07, 6.45) is 9.14. The highest BCUT2D eigenvalue weighted by Gasteiger charge is 2.13. The van der Waals surface area contributed by atoms with Crippen molar-refractivity contribution in [2.24, 2.45) is 0 Å². The van der Waals surface area contributed by atoms with Crippen LogP contribution in [0.2, 0.25) is 0 Å². The van der Waals surface area contributed by atoms with Gasteiger partial charge in [-0.1, -0.05) is 61.9 Å². The number of carbonyl (C=O) groups excluding carboxylic acids is 1. The Morgan fingerprint density at radius 1 is 1.05 bits per heavy atom. The van der Waals surface area contributed by atoms with Crippen molar-refractivity contribution in [1.29, 1.82) is 0 Å². The van der Waals surface area contributed by atoms with Gasteiger partial charge >= 0.3 is 0 Å². The summed E-state index contributed by atoms with van der Waals surface area (Å²) in [5, 5.41) is 3.45. The molecular formula is C17H25NO.